The lowest BCUT2D eigenvalue weighted by Gasteiger charge is -2.25. The highest BCUT2D eigenvalue weighted by Crippen LogP contribution is 2.29. The molecule has 0 atom stereocenters. The van der Waals surface area contributed by atoms with E-state index in [0.717, 1.165) is 35.3 Å². The molecule has 2 rings (SSSR count). The van der Waals surface area contributed by atoms with Crippen LogP contribution < -0.4 is 5.32 Å². The van der Waals surface area contributed by atoms with Crippen molar-refractivity contribution in [3.63, 3.8) is 0 Å². The van der Waals surface area contributed by atoms with E-state index in [1.54, 1.807) is 0 Å². The van der Waals surface area contributed by atoms with Gasteiger partial charge in [-0.25, -0.2) is 0 Å². The zero-order valence-corrected chi connectivity index (χ0v) is 11.6. The normalized spacial score (nSPS) is 20.8. The maximum absolute atomic E-state index is 5.50. The number of aliphatic imine (C=N–C) groups is 1. The van der Waals surface area contributed by atoms with Crippen LogP contribution in [0.3, 0.4) is 0 Å². The Morgan fingerprint density at radius 2 is 2.18 bits per heavy atom. The average Bonchev–Trinajstić information content (AvgIpc) is 2.93. The van der Waals surface area contributed by atoms with Crippen molar-refractivity contribution in [3.05, 3.63) is 23.7 Å². The van der Waals surface area contributed by atoms with Crippen LogP contribution >= 0.6 is 11.8 Å². The van der Waals surface area contributed by atoms with Crippen LogP contribution in [0.15, 0.2) is 21.5 Å². The van der Waals surface area contributed by atoms with Gasteiger partial charge in [-0.1, -0.05) is 25.6 Å². The van der Waals surface area contributed by atoms with Crippen molar-refractivity contribution in [2.24, 2.45) is 4.99 Å². The van der Waals surface area contributed by atoms with E-state index in [-0.39, 0.29) is 5.54 Å². The number of furan rings is 1. The van der Waals surface area contributed by atoms with E-state index >= 15 is 0 Å². The second-order valence-corrected chi connectivity index (χ2v) is 5.50. The molecule has 1 N–H and O–H groups in total. The van der Waals surface area contributed by atoms with Crippen LogP contribution in [0, 0.1) is 6.92 Å². The molecular formula is C13H20N2OS. The molecule has 0 radical (unpaired) electrons. The van der Waals surface area contributed by atoms with Crippen LogP contribution in [-0.4, -0.2) is 16.5 Å². The predicted molar refractivity (Wildman–Crippen MR) is 73.5 cm³/mol. The first-order valence-corrected chi connectivity index (χ1v) is 7.17. The molecule has 0 spiro atoms. The summed E-state index contributed by atoms with van der Waals surface area (Å²) >= 11 is 1.82. The lowest BCUT2D eigenvalue weighted by Crippen LogP contribution is -2.42. The lowest BCUT2D eigenvalue weighted by molar-refractivity contribution is 0.407. The molecule has 1 aliphatic rings. The highest BCUT2D eigenvalue weighted by atomic mass is 32.2. The van der Waals surface area contributed by atoms with Gasteiger partial charge in [0.25, 0.3) is 0 Å². The first-order chi connectivity index (χ1) is 8.17. The molecule has 1 fully saturated rings. The second kappa shape index (κ2) is 5.17. The number of aryl methyl sites for hydroxylation is 1. The van der Waals surface area contributed by atoms with Crippen LogP contribution in [0.4, 0.5) is 0 Å². The maximum atomic E-state index is 5.50. The number of hydrogen-bond acceptors (Lipinski definition) is 3. The third-order valence-corrected chi connectivity index (χ3v) is 4.59. The van der Waals surface area contributed by atoms with E-state index < -0.39 is 0 Å². The summed E-state index contributed by atoms with van der Waals surface area (Å²) in [7, 11) is 0. The zero-order valence-electron chi connectivity index (χ0n) is 10.7. The summed E-state index contributed by atoms with van der Waals surface area (Å²) in [6.45, 7) is 7.05. The molecule has 2 heterocycles. The fourth-order valence-corrected chi connectivity index (χ4v) is 3.28. The molecule has 0 saturated carbocycles. The van der Waals surface area contributed by atoms with Gasteiger partial charge in [0.1, 0.15) is 11.5 Å². The van der Waals surface area contributed by atoms with Gasteiger partial charge in [0.05, 0.1) is 6.54 Å². The Morgan fingerprint density at radius 1 is 1.41 bits per heavy atom. The van der Waals surface area contributed by atoms with Gasteiger partial charge in [-0.15, -0.1) is 0 Å². The van der Waals surface area contributed by atoms with E-state index in [2.05, 4.69) is 24.2 Å². The Hall–Kier alpha value is -0.900. The molecule has 3 nitrogen and oxygen atoms in total. The van der Waals surface area contributed by atoms with Gasteiger partial charge in [-0.3, -0.25) is 4.99 Å². The quantitative estimate of drug-likeness (QED) is 0.893. The molecule has 17 heavy (non-hydrogen) atoms. The first-order valence-electron chi connectivity index (χ1n) is 6.18. The summed E-state index contributed by atoms with van der Waals surface area (Å²) in [6, 6.07) is 3.97. The molecule has 4 heteroatoms. The highest BCUT2D eigenvalue weighted by molar-refractivity contribution is 8.14. The van der Waals surface area contributed by atoms with Gasteiger partial charge >= 0.3 is 0 Å². The van der Waals surface area contributed by atoms with E-state index in [4.69, 9.17) is 4.42 Å². The Morgan fingerprint density at radius 3 is 2.71 bits per heavy atom. The Kier molecular flexibility index (Phi) is 3.82. The third-order valence-electron chi connectivity index (χ3n) is 3.39. The van der Waals surface area contributed by atoms with Crippen LogP contribution in [0.2, 0.25) is 0 Å². The molecule has 1 aromatic heterocycles. The molecule has 0 amide bonds. The molecule has 94 valence electrons. The zero-order chi connectivity index (χ0) is 12.3. The van der Waals surface area contributed by atoms with E-state index in [9.17, 15) is 0 Å². The summed E-state index contributed by atoms with van der Waals surface area (Å²) in [6.07, 6.45) is 2.30. The van der Waals surface area contributed by atoms with Crippen molar-refractivity contribution in [2.45, 2.75) is 45.7 Å². The van der Waals surface area contributed by atoms with Crippen LogP contribution in [-0.2, 0) is 6.54 Å². The second-order valence-electron chi connectivity index (χ2n) is 4.53. The molecule has 1 saturated heterocycles. The Balaban J connectivity index is 1.96. The third kappa shape index (κ3) is 2.86. The van der Waals surface area contributed by atoms with Crippen LogP contribution in [0.25, 0.3) is 0 Å². The first kappa shape index (κ1) is 12.6. The lowest BCUT2D eigenvalue weighted by atomic mass is 9.96. The van der Waals surface area contributed by atoms with Crippen LogP contribution in [0.1, 0.15) is 38.2 Å². The molecule has 0 aliphatic carbocycles. The average molecular weight is 252 g/mol. The van der Waals surface area contributed by atoms with Gasteiger partial charge in [-0.2, -0.15) is 0 Å². The van der Waals surface area contributed by atoms with Crippen molar-refractivity contribution >= 4 is 16.9 Å². The Bertz CT molecular complexity index is 407. The summed E-state index contributed by atoms with van der Waals surface area (Å²) in [5, 5.41) is 4.61. The topological polar surface area (TPSA) is 37.5 Å². The number of nitrogens with one attached hydrogen (secondary N) is 1. The largest absolute Gasteiger partial charge is 0.464 e. The van der Waals surface area contributed by atoms with Crippen LogP contribution in [0.5, 0.6) is 0 Å². The minimum absolute atomic E-state index is 0.253. The van der Waals surface area contributed by atoms with Gasteiger partial charge in [-0.05, 0) is 31.9 Å². The summed E-state index contributed by atoms with van der Waals surface area (Å²) < 4.78 is 5.50. The minimum Gasteiger partial charge on any atom is -0.464 e. The molecule has 1 aromatic rings. The van der Waals surface area contributed by atoms with Crippen molar-refractivity contribution in [1.82, 2.24) is 5.32 Å². The standard InChI is InChI=1S/C13H20N2OS/c1-4-13(5-2)9-17-12(15-13)14-8-11-7-6-10(3)16-11/h6-7H,4-5,8-9H2,1-3H3,(H,14,15). The SMILES string of the molecule is CCC1(CC)CSC(=NCc2ccc(C)o2)N1. The fraction of sp³-hybridized carbons (Fsp3) is 0.615. The Labute approximate surface area is 107 Å². The number of thioether (sulfide) groups is 1. The molecular weight excluding hydrogens is 232 g/mol. The van der Waals surface area contributed by atoms with Crippen molar-refractivity contribution in [1.29, 1.82) is 0 Å². The van der Waals surface area contributed by atoms with Crippen molar-refractivity contribution in [3.8, 4) is 0 Å². The smallest absolute Gasteiger partial charge is 0.157 e. The summed E-state index contributed by atoms with van der Waals surface area (Å²) in [4.78, 5) is 4.57. The number of hydrogen-bond donors (Lipinski definition) is 1. The highest BCUT2D eigenvalue weighted by Gasteiger charge is 2.33. The van der Waals surface area contributed by atoms with Gasteiger partial charge in [0, 0.05) is 11.3 Å². The predicted octanol–water partition coefficient (Wildman–Crippen LogP) is 3.34. The molecule has 0 unspecified atom stereocenters. The number of nitrogens with zero attached hydrogens (tertiary/aromatic N) is 1. The maximum Gasteiger partial charge on any atom is 0.157 e. The summed E-state index contributed by atoms with van der Waals surface area (Å²) in [5.74, 6) is 3.00. The molecule has 1 aliphatic heterocycles. The van der Waals surface area contributed by atoms with E-state index in [0.29, 0.717) is 6.54 Å². The minimum atomic E-state index is 0.253. The van der Waals surface area contributed by atoms with Crippen molar-refractivity contribution in [2.75, 3.05) is 5.75 Å². The monoisotopic (exact) mass is 252 g/mol. The van der Waals surface area contributed by atoms with Gasteiger partial charge in [0.2, 0.25) is 0 Å². The number of amidine groups is 1. The van der Waals surface area contributed by atoms with Gasteiger partial charge < -0.3 is 9.73 Å². The molecule has 0 bridgehead atoms. The van der Waals surface area contributed by atoms with E-state index in [1.165, 1.54) is 0 Å². The fourth-order valence-electron chi connectivity index (χ4n) is 1.94. The van der Waals surface area contributed by atoms with Crippen molar-refractivity contribution < 1.29 is 4.42 Å². The summed E-state index contributed by atoms with van der Waals surface area (Å²) in [5.41, 5.74) is 0.253. The van der Waals surface area contributed by atoms with E-state index in [1.807, 2.05) is 30.8 Å². The molecule has 0 aromatic carbocycles. The van der Waals surface area contributed by atoms with Gasteiger partial charge in [0.15, 0.2) is 5.17 Å². The number of rotatable bonds is 4.